The number of nitrogens with one attached hydrogen (secondary N) is 1. The molecule has 1 saturated heterocycles. The Bertz CT molecular complexity index is 1190. The number of urea groups is 1. The summed E-state index contributed by atoms with van der Waals surface area (Å²) in [6.07, 6.45) is 3.19. The molecule has 2 amide bonds. The predicted octanol–water partition coefficient (Wildman–Crippen LogP) is 3.95. The van der Waals surface area contributed by atoms with Gasteiger partial charge in [0.25, 0.3) is 0 Å². The lowest BCUT2D eigenvalue weighted by atomic mass is 9.76. The van der Waals surface area contributed by atoms with Crippen LogP contribution in [-0.4, -0.2) is 45.4 Å². The Morgan fingerprint density at radius 3 is 2.74 bits per heavy atom. The van der Waals surface area contributed by atoms with Crippen molar-refractivity contribution in [3.63, 3.8) is 0 Å². The molecule has 8 nitrogen and oxygen atoms in total. The molecule has 2 aliphatic rings. The van der Waals surface area contributed by atoms with Crippen LogP contribution in [0.5, 0.6) is 5.75 Å². The maximum Gasteiger partial charge on any atom is 0.387 e. The lowest BCUT2D eigenvalue weighted by Gasteiger charge is -2.47. The third kappa shape index (κ3) is 3.93. The van der Waals surface area contributed by atoms with Gasteiger partial charge in [-0.05, 0) is 30.5 Å². The molecule has 0 radical (unpaired) electrons. The van der Waals surface area contributed by atoms with Crippen LogP contribution in [0, 0.1) is 0 Å². The minimum atomic E-state index is -2.99. The number of hydrogen-bond donors (Lipinski definition) is 2. The van der Waals surface area contributed by atoms with Crippen LogP contribution in [0.25, 0.3) is 11.3 Å². The van der Waals surface area contributed by atoms with E-state index in [-0.39, 0.29) is 29.1 Å². The Labute approximate surface area is 195 Å². The minimum absolute atomic E-state index is 0.0337. The highest BCUT2D eigenvalue weighted by Gasteiger charge is 2.51. The molecule has 1 spiro atoms. The molecule has 0 aliphatic carbocycles. The quantitative estimate of drug-likeness (QED) is 0.571. The molecule has 10 heteroatoms. The van der Waals surface area contributed by atoms with E-state index in [0.717, 1.165) is 30.6 Å². The molecular formula is C24H26F2N6O2. The summed E-state index contributed by atoms with van der Waals surface area (Å²) in [5, 5.41) is 7.78. The lowest BCUT2D eigenvalue weighted by molar-refractivity contribution is -0.0494. The SMILES string of the molecule is CCC(NC(=O)N1CC2(CCn3nc(-c4cnc(N)c(OC(F)F)c4)cc32)C1)c1ccccc1. The summed E-state index contributed by atoms with van der Waals surface area (Å²) in [5.41, 5.74) is 8.78. The van der Waals surface area contributed by atoms with Crippen LogP contribution in [-0.2, 0) is 12.0 Å². The van der Waals surface area contributed by atoms with Crippen LogP contribution < -0.4 is 15.8 Å². The summed E-state index contributed by atoms with van der Waals surface area (Å²) < 4.78 is 31.7. The van der Waals surface area contributed by atoms with E-state index >= 15 is 0 Å². The monoisotopic (exact) mass is 468 g/mol. The van der Waals surface area contributed by atoms with E-state index in [1.165, 1.54) is 12.3 Å². The molecule has 2 aliphatic heterocycles. The van der Waals surface area contributed by atoms with Gasteiger partial charge in [0.2, 0.25) is 0 Å². The number of benzene rings is 1. The normalized spacial score (nSPS) is 16.9. The Balaban J connectivity index is 1.29. The molecule has 1 fully saturated rings. The van der Waals surface area contributed by atoms with Crippen molar-refractivity contribution in [3.05, 3.63) is 59.9 Å². The standard InChI is InChI=1S/C24H26F2N6O2/c1-2-17(15-6-4-3-5-7-15)29-23(33)31-13-24(14-31)8-9-32-20(24)11-18(30-32)16-10-19(34-22(25)26)21(27)28-12-16/h3-7,10-12,17,22H,2,8-9,13-14H2,1H3,(H2,27,28)(H,29,33). The Morgan fingerprint density at radius 2 is 2.03 bits per heavy atom. The van der Waals surface area contributed by atoms with Gasteiger partial charge in [0.05, 0.1) is 11.7 Å². The topological polar surface area (TPSA) is 98.3 Å². The maximum absolute atomic E-state index is 12.9. The molecule has 2 aromatic heterocycles. The van der Waals surface area contributed by atoms with E-state index < -0.39 is 6.61 Å². The van der Waals surface area contributed by atoms with E-state index in [2.05, 4.69) is 27.1 Å². The second kappa shape index (κ2) is 8.58. The van der Waals surface area contributed by atoms with Gasteiger partial charge in [0.1, 0.15) is 0 Å². The summed E-state index contributed by atoms with van der Waals surface area (Å²) in [4.78, 5) is 18.7. The first-order valence-corrected chi connectivity index (χ1v) is 11.3. The molecule has 1 aromatic carbocycles. The summed E-state index contributed by atoms with van der Waals surface area (Å²) in [6.45, 7) is 1.01. The van der Waals surface area contributed by atoms with Crippen LogP contribution in [0.3, 0.4) is 0 Å². The van der Waals surface area contributed by atoms with Gasteiger partial charge in [-0.15, -0.1) is 0 Å². The lowest BCUT2D eigenvalue weighted by Crippen LogP contribution is -2.62. The number of fused-ring (bicyclic) bond motifs is 2. The van der Waals surface area contributed by atoms with Gasteiger partial charge in [-0.1, -0.05) is 37.3 Å². The molecular weight excluding hydrogens is 442 g/mol. The van der Waals surface area contributed by atoms with Crippen molar-refractivity contribution in [2.75, 3.05) is 18.8 Å². The highest BCUT2D eigenvalue weighted by Crippen LogP contribution is 2.44. The molecule has 5 rings (SSSR count). The largest absolute Gasteiger partial charge is 0.431 e. The van der Waals surface area contributed by atoms with E-state index in [9.17, 15) is 13.6 Å². The number of nitrogen functional groups attached to an aromatic ring is 1. The number of alkyl halides is 2. The molecule has 1 unspecified atom stereocenters. The van der Waals surface area contributed by atoms with Crippen molar-refractivity contribution in [1.29, 1.82) is 0 Å². The van der Waals surface area contributed by atoms with E-state index in [0.29, 0.717) is 24.3 Å². The number of carbonyl (C=O) groups excluding carboxylic acids is 1. The summed E-state index contributed by atoms with van der Waals surface area (Å²) in [6, 6.07) is 13.2. The van der Waals surface area contributed by atoms with Gasteiger partial charge < -0.3 is 20.7 Å². The van der Waals surface area contributed by atoms with Crippen LogP contribution in [0.4, 0.5) is 19.4 Å². The maximum atomic E-state index is 12.9. The van der Waals surface area contributed by atoms with Crippen molar-refractivity contribution in [1.82, 2.24) is 25.0 Å². The van der Waals surface area contributed by atoms with Gasteiger partial charge in [0.15, 0.2) is 11.6 Å². The number of anilines is 1. The fourth-order valence-electron chi connectivity index (χ4n) is 4.88. The highest BCUT2D eigenvalue weighted by molar-refractivity contribution is 5.76. The number of ether oxygens (including phenoxy) is 1. The van der Waals surface area contributed by atoms with Crippen molar-refractivity contribution >= 4 is 11.8 Å². The first kappa shape index (κ1) is 22.1. The van der Waals surface area contributed by atoms with Crippen LogP contribution in [0.2, 0.25) is 0 Å². The molecule has 178 valence electrons. The Hall–Kier alpha value is -3.69. The molecule has 3 aromatic rings. The zero-order valence-electron chi connectivity index (χ0n) is 18.7. The molecule has 4 heterocycles. The average molecular weight is 469 g/mol. The van der Waals surface area contributed by atoms with E-state index in [4.69, 9.17) is 5.73 Å². The first-order valence-electron chi connectivity index (χ1n) is 11.3. The van der Waals surface area contributed by atoms with Crippen LogP contribution in [0.15, 0.2) is 48.7 Å². The number of aryl methyl sites for hydroxylation is 1. The predicted molar refractivity (Wildman–Crippen MR) is 122 cm³/mol. The van der Waals surface area contributed by atoms with Crippen molar-refractivity contribution in [3.8, 4) is 17.0 Å². The number of likely N-dealkylation sites (tertiary alicyclic amines) is 1. The van der Waals surface area contributed by atoms with E-state index in [1.807, 2.05) is 46.0 Å². The van der Waals surface area contributed by atoms with Crippen molar-refractivity contribution < 1.29 is 18.3 Å². The number of pyridine rings is 1. The highest BCUT2D eigenvalue weighted by atomic mass is 19.3. The average Bonchev–Trinajstić information content (AvgIpc) is 3.37. The molecule has 0 saturated carbocycles. The Morgan fingerprint density at radius 1 is 1.26 bits per heavy atom. The van der Waals surface area contributed by atoms with Gasteiger partial charge in [-0.3, -0.25) is 4.68 Å². The Kier molecular flexibility index (Phi) is 5.59. The smallest absolute Gasteiger partial charge is 0.387 e. The number of nitrogens with zero attached hydrogens (tertiary/aromatic N) is 4. The van der Waals surface area contributed by atoms with Crippen molar-refractivity contribution in [2.45, 2.75) is 44.4 Å². The minimum Gasteiger partial charge on any atom is -0.431 e. The summed E-state index contributed by atoms with van der Waals surface area (Å²) in [5.74, 6) is -0.278. The number of hydrogen-bond acceptors (Lipinski definition) is 5. The number of carbonyl (C=O) groups is 1. The second-order valence-corrected chi connectivity index (χ2v) is 8.83. The fraction of sp³-hybridized carbons (Fsp3) is 0.375. The summed E-state index contributed by atoms with van der Waals surface area (Å²) >= 11 is 0. The van der Waals surface area contributed by atoms with Gasteiger partial charge in [0, 0.05) is 42.5 Å². The first-order chi connectivity index (χ1) is 16.4. The molecule has 34 heavy (non-hydrogen) atoms. The third-order valence-corrected chi connectivity index (χ3v) is 6.70. The van der Waals surface area contributed by atoms with Gasteiger partial charge in [-0.2, -0.15) is 13.9 Å². The fourth-order valence-corrected chi connectivity index (χ4v) is 4.88. The summed E-state index contributed by atoms with van der Waals surface area (Å²) in [7, 11) is 0. The second-order valence-electron chi connectivity index (χ2n) is 8.83. The van der Waals surface area contributed by atoms with Crippen LogP contribution in [0.1, 0.15) is 37.1 Å². The molecule has 3 N–H and O–H groups in total. The molecule has 1 atom stereocenters. The van der Waals surface area contributed by atoms with E-state index in [1.54, 1.807) is 0 Å². The number of aromatic nitrogens is 3. The molecule has 0 bridgehead atoms. The number of halogens is 2. The zero-order chi connectivity index (χ0) is 23.9. The zero-order valence-corrected chi connectivity index (χ0v) is 18.7. The van der Waals surface area contributed by atoms with Crippen LogP contribution >= 0.6 is 0 Å². The van der Waals surface area contributed by atoms with Gasteiger partial charge >= 0.3 is 12.6 Å². The van der Waals surface area contributed by atoms with Gasteiger partial charge in [-0.25, -0.2) is 9.78 Å². The number of nitrogens with two attached hydrogens (primary N) is 1. The number of amides is 2. The van der Waals surface area contributed by atoms with Crippen molar-refractivity contribution in [2.24, 2.45) is 0 Å². The number of rotatable bonds is 6. The third-order valence-electron chi connectivity index (χ3n) is 6.70.